The number of carbonyl (C=O) groups excluding carboxylic acids is 1. The fourth-order valence-electron chi connectivity index (χ4n) is 4.26. The third-order valence-corrected chi connectivity index (χ3v) is 6.87. The van der Waals surface area contributed by atoms with Gasteiger partial charge < -0.3 is 24.1 Å². The maximum atomic E-state index is 13.8. The number of aromatic nitrogens is 1. The zero-order valence-corrected chi connectivity index (χ0v) is 22.9. The van der Waals surface area contributed by atoms with Gasteiger partial charge in [0.25, 0.3) is 5.56 Å². The lowest BCUT2D eigenvalue weighted by molar-refractivity contribution is -0.139. The maximum Gasteiger partial charge on any atom is 0.338 e. The van der Waals surface area contributed by atoms with Crippen LogP contribution < -0.4 is 29.1 Å². The summed E-state index contributed by atoms with van der Waals surface area (Å²) >= 11 is 1.20. The molecule has 200 valence electrons. The monoisotopic (exact) mass is 538 g/mol. The number of hydrogen-bond donors (Lipinski definition) is 1. The summed E-state index contributed by atoms with van der Waals surface area (Å²) in [5.74, 6) is 0.774. The second kappa shape index (κ2) is 11.1. The van der Waals surface area contributed by atoms with Crippen molar-refractivity contribution in [3.05, 3.63) is 78.5 Å². The van der Waals surface area contributed by atoms with Gasteiger partial charge in [0, 0.05) is 0 Å². The van der Waals surface area contributed by atoms with Crippen LogP contribution >= 0.6 is 11.3 Å². The number of thiazole rings is 1. The Kier molecular flexibility index (Phi) is 7.91. The molecule has 38 heavy (non-hydrogen) atoms. The Hall–Kier alpha value is -4.05. The van der Waals surface area contributed by atoms with Gasteiger partial charge in [-0.2, -0.15) is 0 Å². The smallest absolute Gasteiger partial charge is 0.338 e. The van der Waals surface area contributed by atoms with Crippen molar-refractivity contribution in [3.63, 3.8) is 0 Å². The highest BCUT2D eigenvalue weighted by Crippen LogP contribution is 2.36. The third kappa shape index (κ3) is 5.17. The van der Waals surface area contributed by atoms with Gasteiger partial charge in [0.1, 0.15) is 0 Å². The van der Waals surface area contributed by atoms with E-state index >= 15 is 0 Å². The lowest BCUT2D eigenvalue weighted by Gasteiger charge is -2.25. The quantitative estimate of drug-likeness (QED) is 0.439. The first-order valence-electron chi connectivity index (χ1n) is 12.1. The Balaban J connectivity index is 1.93. The largest absolute Gasteiger partial charge is 0.504 e. The Labute approximate surface area is 223 Å². The number of phenols is 1. The molecule has 0 unspecified atom stereocenters. The molecule has 1 aliphatic heterocycles. The van der Waals surface area contributed by atoms with E-state index in [1.54, 1.807) is 44.2 Å². The van der Waals surface area contributed by atoms with Crippen LogP contribution in [0.15, 0.2) is 57.5 Å². The number of hydrogen-bond acceptors (Lipinski definition) is 9. The second-order valence-electron chi connectivity index (χ2n) is 8.81. The van der Waals surface area contributed by atoms with E-state index in [0.29, 0.717) is 43.4 Å². The number of allylic oxidation sites excluding steroid dienone is 1. The molecule has 2 heterocycles. The van der Waals surface area contributed by atoms with Gasteiger partial charge in [-0.3, -0.25) is 9.36 Å². The van der Waals surface area contributed by atoms with Crippen LogP contribution in [0.4, 0.5) is 0 Å². The van der Waals surface area contributed by atoms with Crippen LogP contribution in [0.25, 0.3) is 6.08 Å². The first-order valence-corrected chi connectivity index (χ1v) is 12.9. The number of phenolic OH excluding ortho intramolecular Hbond substituents is 1. The van der Waals surface area contributed by atoms with Crippen molar-refractivity contribution in [2.24, 2.45) is 4.99 Å². The number of nitrogens with zero attached hydrogens (tertiary/aromatic N) is 2. The number of fused-ring (bicyclic) bond motifs is 1. The molecule has 0 aliphatic carbocycles. The van der Waals surface area contributed by atoms with Gasteiger partial charge in [-0.1, -0.05) is 23.5 Å². The number of methoxy groups -OCH3 is 2. The maximum absolute atomic E-state index is 13.8. The summed E-state index contributed by atoms with van der Waals surface area (Å²) in [6.07, 6.45) is 1.60. The average Bonchev–Trinajstić information content (AvgIpc) is 3.17. The fraction of sp³-hybridized carbons (Fsp3) is 0.321. The fourth-order valence-corrected chi connectivity index (χ4v) is 5.31. The van der Waals surface area contributed by atoms with E-state index in [1.165, 1.54) is 36.2 Å². The summed E-state index contributed by atoms with van der Waals surface area (Å²) in [6.45, 7) is 7.46. The minimum Gasteiger partial charge on any atom is -0.504 e. The first-order chi connectivity index (χ1) is 18.2. The van der Waals surface area contributed by atoms with E-state index in [0.717, 1.165) is 0 Å². The minimum absolute atomic E-state index is 0.0388. The zero-order valence-electron chi connectivity index (χ0n) is 22.1. The van der Waals surface area contributed by atoms with Crippen molar-refractivity contribution in [1.82, 2.24) is 4.57 Å². The van der Waals surface area contributed by atoms with E-state index in [-0.39, 0.29) is 29.6 Å². The van der Waals surface area contributed by atoms with Crippen LogP contribution in [0.1, 0.15) is 44.9 Å². The van der Waals surface area contributed by atoms with Crippen molar-refractivity contribution in [2.75, 3.05) is 20.8 Å². The lowest BCUT2D eigenvalue weighted by atomic mass is 9.95. The molecule has 10 heteroatoms. The highest BCUT2D eigenvalue weighted by molar-refractivity contribution is 7.07. The molecular formula is C28H30N2O7S. The molecule has 1 aliphatic rings. The first kappa shape index (κ1) is 27.0. The van der Waals surface area contributed by atoms with Gasteiger partial charge in [0.2, 0.25) is 0 Å². The second-order valence-corrected chi connectivity index (χ2v) is 9.82. The molecule has 0 amide bonds. The molecule has 3 aromatic rings. The molecule has 0 bridgehead atoms. The van der Waals surface area contributed by atoms with E-state index in [4.69, 9.17) is 18.9 Å². The predicted octanol–water partition coefficient (Wildman–Crippen LogP) is 3.31. The lowest BCUT2D eigenvalue weighted by Crippen LogP contribution is -2.40. The average molecular weight is 539 g/mol. The molecule has 1 N–H and O–H groups in total. The topological polar surface area (TPSA) is 109 Å². The van der Waals surface area contributed by atoms with E-state index in [9.17, 15) is 14.7 Å². The number of esters is 1. The standard InChI is InChI=1S/C28H30N2O7S/c1-7-36-27(33)24-16(4)29-28-30(25(24)18-9-11-21(37-15(2)3)22(14-18)35-6)26(32)23(38-28)13-17-8-10-20(34-5)19(31)12-17/h8-15,25,31H,7H2,1-6H3/b23-13+/t25-/m1/s1. The van der Waals surface area contributed by atoms with E-state index in [2.05, 4.69) is 4.99 Å². The molecule has 0 spiro atoms. The van der Waals surface area contributed by atoms with Gasteiger partial charge in [-0.25, -0.2) is 9.79 Å². The minimum atomic E-state index is -0.793. The van der Waals surface area contributed by atoms with Crippen molar-refractivity contribution in [2.45, 2.75) is 39.8 Å². The third-order valence-electron chi connectivity index (χ3n) is 5.88. The van der Waals surface area contributed by atoms with E-state index in [1.807, 2.05) is 19.9 Å². The predicted molar refractivity (Wildman–Crippen MR) is 144 cm³/mol. The molecule has 0 fully saturated rings. The van der Waals surface area contributed by atoms with Gasteiger partial charge in [-0.15, -0.1) is 0 Å². The zero-order chi connectivity index (χ0) is 27.6. The van der Waals surface area contributed by atoms with Crippen LogP contribution in [0.3, 0.4) is 0 Å². The number of rotatable bonds is 8. The van der Waals surface area contributed by atoms with Crippen molar-refractivity contribution >= 4 is 23.4 Å². The number of benzene rings is 2. The van der Waals surface area contributed by atoms with Crippen LogP contribution in [0.5, 0.6) is 23.0 Å². The molecule has 4 rings (SSSR count). The Morgan fingerprint density at radius 1 is 1.13 bits per heavy atom. The van der Waals surface area contributed by atoms with Crippen LogP contribution in [-0.2, 0) is 9.53 Å². The summed E-state index contributed by atoms with van der Waals surface area (Å²) in [4.78, 5) is 31.9. The van der Waals surface area contributed by atoms with Crippen molar-refractivity contribution < 1.29 is 28.8 Å². The van der Waals surface area contributed by atoms with Gasteiger partial charge in [-0.05, 0) is 69.2 Å². The molecule has 0 saturated carbocycles. The SMILES string of the molecule is CCOC(=O)C1=C(C)N=c2s/c(=C/c3ccc(OC)c(O)c3)c(=O)n2[C@@H]1c1ccc(OC(C)C)c(OC)c1. The number of aromatic hydroxyl groups is 1. The molecule has 9 nitrogen and oxygen atoms in total. The van der Waals surface area contributed by atoms with Gasteiger partial charge in [0.15, 0.2) is 27.8 Å². The van der Waals surface area contributed by atoms with Gasteiger partial charge in [0.05, 0.1) is 48.8 Å². The molecule has 2 aromatic carbocycles. The molecular weight excluding hydrogens is 508 g/mol. The summed E-state index contributed by atoms with van der Waals surface area (Å²) in [7, 11) is 3.00. The van der Waals surface area contributed by atoms with Gasteiger partial charge >= 0.3 is 5.97 Å². The molecule has 1 aromatic heterocycles. The Bertz CT molecular complexity index is 1580. The number of ether oxygens (including phenoxy) is 4. The van der Waals surface area contributed by atoms with Crippen LogP contribution in [0, 0.1) is 0 Å². The molecule has 0 radical (unpaired) electrons. The Morgan fingerprint density at radius 2 is 1.84 bits per heavy atom. The van der Waals surface area contributed by atoms with E-state index < -0.39 is 12.0 Å². The highest BCUT2D eigenvalue weighted by Gasteiger charge is 2.34. The Morgan fingerprint density at radius 3 is 2.47 bits per heavy atom. The number of carbonyl (C=O) groups is 1. The normalized spacial score (nSPS) is 15.2. The van der Waals surface area contributed by atoms with Crippen molar-refractivity contribution in [3.8, 4) is 23.0 Å². The van der Waals surface area contributed by atoms with Crippen LogP contribution in [-0.4, -0.2) is 42.6 Å². The van der Waals surface area contributed by atoms with Crippen molar-refractivity contribution in [1.29, 1.82) is 0 Å². The van der Waals surface area contributed by atoms with Crippen LogP contribution in [0.2, 0.25) is 0 Å². The summed E-state index contributed by atoms with van der Waals surface area (Å²) in [5.41, 5.74) is 1.66. The summed E-state index contributed by atoms with van der Waals surface area (Å²) in [6, 6.07) is 9.42. The summed E-state index contributed by atoms with van der Waals surface area (Å²) in [5, 5.41) is 10.2. The molecule has 1 atom stereocenters. The highest BCUT2D eigenvalue weighted by atomic mass is 32.1. The molecule has 0 saturated heterocycles. The summed E-state index contributed by atoms with van der Waals surface area (Å²) < 4.78 is 23.8.